The molecule has 1 saturated heterocycles. The molecule has 1 saturated carbocycles. The van der Waals surface area contributed by atoms with Gasteiger partial charge >= 0.3 is 0 Å². The first kappa shape index (κ1) is 11.2. The van der Waals surface area contributed by atoms with Crippen molar-refractivity contribution in [3.63, 3.8) is 0 Å². The van der Waals surface area contributed by atoms with Gasteiger partial charge in [0.1, 0.15) is 5.82 Å². The van der Waals surface area contributed by atoms with E-state index in [2.05, 4.69) is 20.5 Å². The van der Waals surface area contributed by atoms with Gasteiger partial charge in [0.15, 0.2) is 0 Å². The summed E-state index contributed by atoms with van der Waals surface area (Å²) in [6.07, 6.45) is 2.57. The molecule has 2 heterocycles. The van der Waals surface area contributed by atoms with Crippen molar-refractivity contribution in [1.29, 1.82) is 0 Å². The number of nitrogens with zero attached hydrogens (tertiary/aromatic N) is 3. The Balaban J connectivity index is 1.70. The molecule has 2 N–H and O–H groups in total. The maximum atomic E-state index is 12.2. The number of rotatable bonds is 2. The van der Waals surface area contributed by atoms with Crippen molar-refractivity contribution in [2.45, 2.75) is 25.2 Å². The highest BCUT2D eigenvalue weighted by atomic mass is 16.2. The summed E-state index contributed by atoms with van der Waals surface area (Å²) in [5.74, 6) is 1.26. The lowest BCUT2D eigenvalue weighted by Crippen LogP contribution is -2.34. The molecule has 2 amide bonds. The standard InChI is InChI=1S/C11H15N5O2/c17-8-3-5-16(6-4-12-8)11(18)10-13-9(14-15-10)7-1-2-7/h7H,1-6H2,(H,12,17)(H,13,14,15). The summed E-state index contributed by atoms with van der Waals surface area (Å²) in [4.78, 5) is 29.2. The van der Waals surface area contributed by atoms with E-state index in [9.17, 15) is 9.59 Å². The second-order valence-corrected chi connectivity index (χ2v) is 4.71. The molecule has 1 aromatic heterocycles. The first-order chi connectivity index (χ1) is 8.74. The normalized spacial score (nSPS) is 20.4. The lowest BCUT2D eigenvalue weighted by atomic mass is 10.3. The van der Waals surface area contributed by atoms with Crippen molar-refractivity contribution < 1.29 is 9.59 Å². The van der Waals surface area contributed by atoms with E-state index in [1.54, 1.807) is 4.90 Å². The van der Waals surface area contributed by atoms with Crippen LogP contribution in [0.4, 0.5) is 0 Å². The van der Waals surface area contributed by atoms with Crippen molar-refractivity contribution in [2.75, 3.05) is 19.6 Å². The summed E-state index contributed by atoms with van der Waals surface area (Å²) in [5, 5.41) is 9.52. The summed E-state index contributed by atoms with van der Waals surface area (Å²) in [6.45, 7) is 1.43. The molecule has 0 aromatic carbocycles. The van der Waals surface area contributed by atoms with Gasteiger partial charge in [-0.1, -0.05) is 0 Å². The van der Waals surface area contributed by atoms with Crippen molar-refractivity contribution in [2.24, 2.45) is 0 Å². The van der Waals surface area contributed by atoms with Crippen LogP contribution in [0.5, 0.6) is 0 Å². The number of hydrogen-bond donors (Lipinski definition) is 2. The van der Waals surface area contributed by atoms with Gasteiger partial charge in [0.2, 0.25) is 11.7 Å². The Morgan fingerprint density at radius 1 is 1.33 bits per heavy atom. The molecule has 1 aromatic rings. The van der Waals surface area contributed by atoms with Crippen LogP contribution >= 0.6 is 0 Å². The Morgan fingerprint density at radius 2 is 2.17 bits per heavy atom. The van der Waals surface area contributed by atoms with Crippen LogP contribution in [0.1, 0.15) is 41.6 Å². The Labute approximate surface area is 104 Å². The van der Waals surface area contributed by atoms with Gasteiger partial charge in [-0.2, -0.15) is 0 Å². The van der Waals surface area contributed by atoms with E-state index in [1.165, 1.54) is 0 Å². The summed E-state index contributed by atoms with van der Waals surface area (Å²) in [6, 6.07) is 0. The van der Waals surface area contributed by atoms with Crippen molar-refractivity contribution in [1.82, 2.24) is 25.4 Å². The molecule has 1 aliphatic carbocycles. The van der Waals surface area contributed by atoms with E-state index >= 15 is 0 Å². The van der Waals surface area contributed by atoms with Gasteiger partial charge in [-0.25, -0.2) is 4.98 Å². The molecule has 96 valence electrons. The van der Waals surface area contributed by atoms with E-state index in [1.807, 2.05) is 0 Å². The summed E-state index contributed by atoms with van der Waals surface area (Å²) in [5.41, 5.74) is 0. The highest BCUT2D eigenvalue weighted by Crippen LogP contribution is 2.37. The van der Waals surface area contributed by atoms with Crippen LogP contribution in [0.15, 0.2) is 0 Å². The summed E-state index contributed by atoms with van der Waals surface area (Å²) < 4.78 is 0. The monoisotopic (exact) mass is 249 g/mol. The van der Waals surface area contributed by atoms with E-state index in [-0.39, 0.29) is 17.6 Å². The average Bonchev–Trinajstić information content (AvgIpc) is 3.14. The number of aromatic nitrogens is 3. The lowest BCUT2D eigenvalue weighted by Gasteiger charge is -2.17. The highest BCUT2D eigenvalue weighted by molar-refractivity contribution is 5.91. The average molecular weight is 249 g/mol. The Kier molecular flexibility index (Phi) is 2.73. The maximum Gasteiger partial charge on any atom is 0.293 e. The second kappa shape index (κ2) is 4.40. The predicted molar refractivity (Wildman–Crippen MR) is 61.9 cm³/mol. The van der Waals surface area contributed by atoms with Crippen LogP contribution in [-0.4, -0.2) is 51.5 Å². The van der Waals surface area contributed by atoms with Crippen LogP contribution < -0.4 is 5.32 Å². The zero-order valence-corrected chi connectivity index (χ0v) is 9.98. The fourth-order valence-corrected chi connectivity index (χ4v) is 2.02. The van der Waals surface area contributed by atoms with Gasteiger partial charge in [0.05, 0.1) is 0 Å². The van der Waals surface area contributed by atoms with Gasteiger partial charge in [-0.05, 0) is 12.8 Å². The third kappa shape index (κ3) is 2.20. The molecular weight excluding hydrogens is 234 g/mol. The second-order valence-electron chi connectivity index (χ2n) is 4.71. The van der Waals surface area contributed by atoms with Crippen molar-refractivity contribution in [3.8, 4) is 0 Å². The smallest absolute Gasteiger partial charge is 0.293 e. The van der Waals surface area contributed by atoms with Crippen LogP contribution in [0.2, 0.25) is 0 Å². The van der Waals surface area contributed by atoms with Crippen LogP contribution in [0.25, 0.3) is 0 Å². The molecule has 7 heteroatoms. The van der Waals surface area contributed by atoms with E-state index in [0.717, 1.165) is 18.7 Å². The van der Waals surface area contributed by atoms with Gasteiger partial charge in [0.25, 0.3) is 5.91 Å². The SMILES string of the molecule is O=C1CCN(C(=O)c2n[nH]c(C3CC3)n2)CCN1. The third-order valence-electron chi connectivity index (χ3n) is 3.26. The molecule has 2 aliphatic rings. The fraction of sp³-hybridized carbons (Fsp3) is 0.636. The number of amides is 2. The van der Waals surface area contributed by atoms with Crippen LogP contribution in [0, 0.1) is 0 Å². The number of H-pyrrole nitrogens is 1. The van der Waals surface area contributed by atoms with Gasteiger partial charge in [-0.15, -0.1) is 5.10 Å². The van der Waals surface area contributed by atoms with E-state index in [4.69, 9.17) is 0 Å². The molecule has 7 nitrogen and oxygen atoms in total. The molecule has 2 fully saturated rings. The Hall–Kier alpha value is -1.92. The van der Waals surface area contributed by atoms with E-state index in [0.29, 0.717) is 32.0 Å². The zero-order chi connectivity index (χ0) is 12.5. The largest absolute Gasteiger partial charge is 0.354 e. The quantitative estimate of drug-likeness (QED) is 0.749. The number of hydrogen-bond acceptors (Lipinski definition) is 4. The highest BCUT2D eigenvalue weighted by Gasteiger charge is 2.29. The van der Waals surface area contributed by atoms with Crippen molar-refractivity contribution >= 4 is 11.8 Å². The lowest BCUT2D eigenvalue weighted by molar-refractivity contribution is -0.120. The molecule has 18 heavy (non-hydrogen) atoms. The molecule has 1 aliphatic heterocycles. The first-order valence-corrected chi connectivity index (χ1v) is 6.22. The van der Waals surface area contributed by atoms with Gasteiger partial charge < -0.3 is 10.2 Å². The molecule has 3 rings (SSSR count). The summed E-state index contributed by atoms with van der Waals surface area (Å²) in [7, 11) is 0. The zero-order valence-electron chi connectivity index (χ0n) is 9.98. The topological polar surface area (TPSA) is 91.0 Å². The number of carbonyl (C=O) groups is 2. The number of carbonyl (C=O) groups excluding carboxylic acids is 2. The minimum absolute atomic E-state index is 0.0149. The van der Waals surface area contributed by atoms with Crippen LogP contribution in [-0.2, 0) is 4.79 Å². The third-order valence-corrected chi connectivity index (χ3v) is 3.26. The Bertz CT molecular complexity index is 480. The van der Waals surface area contributed by atoms with E-state index < -0.39 is 0 Å². The number of aromatic amines is 1. The minimum atomic E-state index is -0.199. The molecule has 0 spiro atoms. The molecule has 0 bridgehead atoms. The summed E-state index contributed by atoms with van der Waals surface area (Å²) >= 11 is 0. The molecular formula is C11H15N5O2. The molecule has 0 unspecified atom stereocenters. The van der Waals surface area contributed by atoms with Gasteiger partial charge in [-0.3, -0.25) is 14.7 Å². The first-order valence-electron chi connectivity index (χ1n) is 6.22. The van der Waals surface area contributed by atoms with Gasteiger partial charge in [0, 0.05) is 32.0 Å². The molecule has 0 radical (unpaired) electrons. The number of nitrogens with one attached hydrogen (secondary N) is 2. The maximum absolute atomic E-state index is 12.2. The fourth-order valence-electron chi connectivity index (χ4n) is 2.02. The molecule has 0 atom stereocenters. The Morgan fingerprint density at radius 3 is 2.94 bits per heavy atom. The van der Waals surface area contributed by atoms with Crippen molar-refractivity contribution in [3.05, 3.63) is 11.6 Å². The predicted octanol–water partition coefficient (Wildman–Crippen LogP) is -0.356. The van der Waals surface area contributed by atoms with Crippen LogP contribution in [0.3, 0.4) is 0 Å². The minimum Gasteiger partial charge on any atom is -0.354 e.